The number of carbonyl (C=O) groups is 3. The van der Waals surface area contributed by atoms with Gasteiger partial charge in [0, 0.05) is 17.6 Å². The first-order valence-electron chi connectivity index (χ1n) is 8.44. The zero-order valence-electron chi connectivity index (χ0n) is 15.2. The van der Waals surface area contributed by atoms with Crippen molar-refractivity contribution in [2.75, 3.05) is 31.7 Å². The molecule has 7 nitrogen and oxygen atoms in total. The highest BCUT2D eigenvalue weighted by Gasteiger charge is 2.23. The fourth-order valence-corrected chi connectivity index (χ4v) is 3.20. The molecule has 8 heteroatoms. The van der Waals surface area contributed by atoms with Crippen molar-refractivity contribution in [2.45, 2.75) is 13.8 Å². The second-order valence-electron chi connectivity index (χ2n) is 5.29. The number of ether oxygens (including phenoxy) is 3. The number of hydrogen-bond donors (Lipinski definition) is 1. The number of hydrogen-bond acceptors (Lipinski definition) is 7. The Morgan fingerprint density at radius 2 is 1.74 bits per heavy atom. The molecule has 0 spiro atoms. The van der Waals surface area contributed by atoms with Gasteiger partial charge in [-0.2, -0.15) is 0 Å². The van der Waals surface area contributed by atoms with E-state index in [-0.39, 0.29) is 18.8 Å². The summed E-state index contributed by atoms with van der Waals surface area (Å²) in [6.07, 6.45) is 0. The maximum Gasteiger partial charge on any atom is 0.341 e. The van der Waals surface area contributed by atoms with Crippen molar-refractivity contribution < 1.29 is 28.6 Å². The maximum absolute atomic E-state index is 12.4. The maximum atomic E-state index is 12.4. The van der Waals surface area contributed by atoms with E-state index in [1.54, 1.807) is 19.2 Å². The van der Waals surface area contributed by atoms with Gasteiger partial charge in [-0.15, -0.1) is 11.3 Å². The second kappa shape index (κ2) is 10.4. The third-order valence-corrected chi connectivity index (χ3v) is 4.29. The highest BCUT2D eigenvalue weighted by Crippen LogP contribution is 2.36. The zero-order chi connectivity index (χ0) is 19.6. The van der Waals surface area contributed by atoms with Crippen molar-refractivity contribution in [1.29, 1.82) is 0 Å². The van der Waals surface area contributed by atoms with Crippen LogP contribution in [0.2, 0.25) is 0 Å². The Balaban J connectivity index is 2.14. The number of rotatable bonds is 9. The normalized spacial score (nSPS) is 10.3. The molecule has 1 amide bonds. The summed E-state index contributed by atoms with van der Waals surface area (Å²) in [7, 11) is 0. The van der Waals surface area contributed by atoms with Gasteiger partial charge in [-0.1, -0.05) is 30.3 Å². The predicted molar refractivity (Wildman–Crippen MR) is 102 cm³/mol. The van der Waals surface area contributed by atoms with Crippen molar-refractivity contribution in [3.8, 4) is 11.1 Å². The Morgan fingerprint density at radius 1 is 1.00 bits per heavy atom. The van der Waals surface area contributed by atoms with Gasteiger partial charge in [0.15, 0.2) is 6.61 Å². The van der Waals surface area contributed by atoms with Crippen LogP contribution in [0, 0.1) is 0 Å². The van der Waals surface area contributed by atoms with E-state index in [1.807, 2.05) is 30.3 Å². The molecule has 27 heavy (non-hydrogen) atoms. The monoisotopic (exact) mass is 391 g/mol. The topological polar surface area (TPSA) is 90.9 Å². The molecule has 1 heterocycles. The largest absolute Gasteiger partial charge is 0.462 e. The van der Waals surface area contributed by atoms with Crippen LogP contribution in [0.1, 0.15) is 24.2 Å². The van der Waals surface area contributed by atoms with Gasteiger partial charge >= 0.3 is 11.9 Å². The molecule has 0 aliphatic rings. The summed E-state index contributed by atoms with van der Waals surface area (Å²) >= 11 is 1.20. The van der Waals surface area contributed by atoms with Crippen molar-refractivity contribution in [3.63, 3.8) is 0 Å². The number of amides is 1. The summed E-state index contributed by atoms with van der Waals surface area (Å²) in [5.74, 6) is -1.71. The molecule has 0 fully saturated rings. The number of carbonyl (C=O) groups excluding carboxylic acids is 3. The average molecular weight is 391 g/mol. The first-order valence-corrected chi connectivity index (χ1v) is 9.32. The summed E-state index contributed by atoms with van der Waals surface area (Å²) in [5, 5.41) is 4.73. The van der Waals surface area contributed by atoms with Crippen LogP contribution < -0.4 is 5.32 Å². The fraction of sp³-hybridized carbons (Fsp3) is 0.316. The molecule has 0 saturated heterocycles. The number of esters is 2. The van der Waals surface area contributed by atoms with E-state index in [0.717, 1.165) is 5.56 Å². The standard InChI is InChI=1S/C19H21NO6S/c1-3-24-11-16(22)26-10-15(21)20-18-17(19(23)25-4-2)14(12-27-18)13-8-6-5-7-9-13/h5-9,12H,3-4,10-11H2,1-2H3,(H,20,21). The highest BCUT2D eigenvalue weighted by atomic mass is 32.1. The lowest BCUT2D eigenvalue weighted by Gasteiger charge is -2.09. The quantitative estimate of drug-likeness (QED) is 0.661. The number of nitrogens with one attached hydrogen (secondary N) is 1. The minimum absolute atomic E-state index is 0.213. The molecule has 0 unspecified atom stereocenters. The Labute approximate surface area is 161 Å². The zero-order valence-corrected chi connectivity index (χ0v) is 16.0. The van der Waals surface area contributed by atoms with Gasteiger partial charge in [0.1, 0.15) is 17.2 Å². The number of anilines is 1. The molecule has 0 saturated carbocycles. The van der Waals surface area contributed by atoms with E-state index in [9.17, 15) is 14.4 Å². The lowest BCUT2D eigenvalue weighted by molar-refractivity contribution is -0.151. The van der Waals surface area contributed by atoms with Crippen LogP contribution in [0.4, 0.5) is 5.00 Å². The molecule has 2 rings (SSSR count). The van der Waals surface area contributed by atoms with Gasteiger partial charge in [-0.25, -0.2) is 9.59 Å². The van der Waals surface area contributed by atoms with Gasteiger partial charge in [-0.05, 0) is 19.4 Å². The van der Waals surface area contributed by atoms with E-state index in [0.29, 0.717) is 17.2 Å². The Morgan fingerprint density at radius 3 is 2.41 bits per heavy atom. The number of benzene rings is 1. The first kappa shape index (κ1) is 20.6. The number of thiophene rings is 1. The summed E-state index contributed by atoms with van der Waals surface area (Å²) in [6.45, 7) is 3.37. The fourth-order valence-electron chi connectivity index (χ4n) is 2.22. The molecule has 0 bridgehead atoms. The van der Waals surface area contributed by atoms with Crippen LogP contribution in [0.3, 0.4) is 0 Å². The molecular weight excluding hydrogens is 370 g/mol. The van der Waals surface area contributed by atoms with Crippen LogP contribution in [0.5, 0.6) is 0 Å². The van der Waals surface area contributed by atoms with Gasteiger partial charge in [0.2, 0.25) is 0 Å². The summed E-state index contributed by atoms with van der Waals surface area (Å²) < 4.78 is 14.9. The third kappa shape index (κ3) is 5.90. The van der Waals surface area contributed by atoms with Crippen LogP contribution in [-0.4, -0.2) is 44.3 Å². The predicted octanol–water partition coefficient (Wildman–Crippen LogP) is 3.11. The van der Waals surface area contributed by atoms with Crippen LogP contribution in [0.15, 0.2) is 35.7 Å². The minimum Gasteiger partial charge on any atom is -0.462 e. The molecule has 144 valence electrons. The SMILES string of the molecule is CCOCC(=O)OCC(=O)Nc1scc(-c2ccccc2)c1C(=O)OCC. The minimum atomic E-state index is -0.631. The van der Waals surface area contributed by atoms with Crippen molar-refractivity contribution in [2.24, 2.45) is 0 Å². The average Bonchev–Trinajstić information content (AvgIpc) is 3.09. The van der Waals surface area contributed by atoms with Crippen molar-refractivity contribution >= 4 is 34.2 Å². The highest BCUT2D eigenvalue weighted by molar-refractivity contribution is 7.15. The van der Waals surface area contributed by atoms with Crippen molar-refractivity contribution in [3.05, 3.63) is 41.3 Å². The van der Waals surface area contributed by atoms with Crippen LogP contribution in [0.25, 0.3) is 11.1 Å². The lowest BCUT2D eigenvalue weighted by Crippen LogP contribution is -2.23. The summed E-state index contributed by atoms with van der Waals surface area (Å²) in [5.41, 5.74) is 1.78. The molecular formula is C19H21NO6S. The van der Waals surface area contributed by atoms with Gasteiger partial charge < -0.3 is 19.5 Å². The lowest BCUT2D eigenvalue weighted by atomic mass is 10.0. The van der Waals surface area contributed by atoms with Gasteiger partial charge in [0.25, 0.3) is 5.91 Å². The van der Waals surface area contributed by atoms with Gasteiger partial charge in [0.05, 0.1) is 6.61 Å². The van der Waals surface area contributed by atoms with Crippen LogP contribution in [-0.2, 0) is 23.8 Å². The summed E-state index contributed by atoms with van der Waals surface area (Å²) in [4.78, 5) is 35.9. The van der Waals surface area contributed by atoms with E-state index in [1.165, 1.54) is 11.3 Å². The molecule has 1 aromatic heterocycles. The first-order chi connectivity index (χ1) is 13.1. The molecule has 2 aromatic rings. The molecule has 1 N–H and O–H groups in total. The molecule has 0 aliphatic carbocycles. The smallest absolute Gasteiger partial charge is 0.341 e. The summed E-state index contributed by atoms with van der Waals surface area (Å²) in [6, 6.07) is 9.33. The van der Waals surface area contributed by atoms with Crippen LogP contribution >= 0.6 is 11.3 Å². The molecule has 0 radical (unpaired) electrons. The molecule has 0 aliphatic heterocycles. The Hall–Kier alpha value is -2.71. The Bertz CT molecular complexity index is 787. The van der Waals surface area contributed by atoms with E-state index >= 15 is 0 Å². The van der Waals surface area contributed by atoms with E-state index < -0.39 is 24.5 Å². The molecule has 1 aromatic carbocycles. The van der Waals surface area contributed by atoms with Crippen molar-refractivity contribution in [1.82, 2.24) is 0 Å². The van der Waals surface area contributed by atoms with Gasteiger partial charge in [-0.3, -0.25) is 4.79 Å². The van der Waals surface area contributed by atoms with E-state index in [4.69, 9.17) is 14.2 Å². The second-order valence-corrected chi connectivity index (χ2v) is 6.17. The Kier molecular flexibility index (Phi) is 7.97. The van der Waals surface area contributed by atoms with E-state index in [2.05, 4.69) is 5.32 Å². The molecule has 0 atom stereocenters. The third-order valence-electron chi connectivity index (χ3n) is 3.40.